The number of rotatable bonds is 4. The van der Waals surface area contributed by atoms with E-state index in [0.717, 1.165) is 5.56 Å². The Morgan fingerprint density at radius 2 is 2.05 bits per heavy atom. The molecule has 6 heteroatoms. The maximum absolute atomic E-state index is 13.3. The molecule has 0 aliphatic rings. The molecule has 0 aliphatic heterocycles. The zero-order valence-corrected chi connectivity index (χ0v) is 13.4. The van der Waals surface area contributed by atoms with E-state index in [1.807, 2.05) is 0 Å². The zero-order valence-electron chi connectivity index (χ0n) is 10.2. The Hall–Kier alpha value is -1.17. The summed E-state index contributed by atoms with van der Waals surface area (Å²) in [6.07, 6.45) is 0. The van der Waals surface area contributed by atoms with Crippen LogP contribution in [0.4, 0.5) is 4.39 Å². The highest BCUT2D eigenvalue weighted by atomic mass is 79.9. The summed E-state index contributed by atoms with van der Waals surface area (Å²) < 4.78 is 19.2. The monoisotopic (exact) mass is 373 g/mol. The van der Waals surface area contributed by atoms with Crippen LogP contribution in [-0.4, -0.2) is 4.99 Å². The van der Waals surface area contributed by atoms with Gasteiger partial charge in [-0.1, -0.05) is 36.0 Å². The average molecular weight is 375 g/mol. The van der Waals surface area contributed by atoms with Crippen LogP contribution in [0.25, 0.3) is 0 Å². The van der Waals surface area contributed by atoms with E-state index in [1.54, 1.807) is 30.3 Å². The quantitative estimate of drug-likeness (QED) is 0.803. The van der Waals surface area contributed by atoms with Crippen molar-refractivity contribution >= 4 is 44.7 Å². The van der Waals surface area contributed by atoms with Crippen molar-refractivity contribution in [3.63, 3.8) is 0 Å². The Morgan fingerprint density at radius 1 is 1.30 bits per heavy atom. The fourth-order valence-electron chi connectivity index (χ4n) is 1.55. The van der Waals surface area contributed by atoms with Gasteiger partial charge < -0.3 is 10.5 Å². The van der Waals surface area contributed by atoms with Gasteiger partial charge in [0.25, 0.3) is 0 Å². The van der Waals surface area contributed by atoms with Crippen molar-refractivity contribution in [1.29, 1.82) is 0 Å². The largest absolute Gasteiger partial charge is 0.489 e. The molecular weight excluding hydrogens is 365 g/mol. The maximum atomic E-state index is 13.3. The molecule has 2 aromatic carbocycles. The minimum absolute atomic E-state index is 0.234. The van der Waals surface area contributed by atoms with Crippen LogP contribution in [0.2, 0.25) is 5.02 Å². The Bertz CT molecular complexity index is 666. The lowest BCUT2D eigenvalue weighted by Gasteiger charge is -2.09. The van der Waals surface area contributed by atoms with Gasteiger partial charge in [-0.3, -0.25) is 0 Å². The van der Waals surface area contributed by atoms with Crippen molar-refractivity contribution in [3.05, 3.63) is 62.8 Å². The molecule has 0 radical (unpaired) electrons. The van der Waals surface area contributed by atoms with Crippen molar-refractivity contribution in [3.8, 4) is 5.75 Å². The normalized spacial score (nSPS) is 10.3. The summed E-state index contributed by atoms with van der Waals surface area (Å²) >= 11 is 14.1. The number of halogens is 3. The first-order chi connectivity index (χ1) is 9.47. The summed E-state index contributed by atoms with van der Waals surface area (Å²) in [5.41, 5.74) is 6.99. The van der Waals surface area contributed by atoms with Gasteiger partial charge in [0.2, 0.25) is 0 Å². The van der Waals surface area contributed by atoms with Gasteiger partial charge in [-0.25, -0.2) is 4.39 Å². The third-order valence-corrected chi connectivity index (χ3v) is 3.85. The van der Waals surface area contributed by atoms with E-state index in [2.05, 4.69) is 15.9 Å². The molecule has 0 amide bonds. The highest BCUT2D eigenvalue weighted by Crippen LogP contribution is 2.23. The molecule has 0 saturated carbocycles. The van der Waals surface area contributed by atoms with Crippen molar-refractivity contribution < 1.29 is 9.13 Å². The molecule has 0 aliphatic carbocycles. The second kappa shape index (κ2) is 6.52. The minimum Gasteiger partial charge on any atom is -0.489 e. The summed E-state index contributed by atoms with van der Waals surface area (Å²) in [7, 11) is 0. The lowest BCUT2D eigenvalue weighted by molar-refractivity contribution is 0.304. The van der Waals surface area contributed by atoms with Gasteiger partial charge in [-0.2, -0.15) is 0 Å². The lowest BCUT2D eigenvalue weighted by atomic mass is 10.1. The van der Waals surface area contributed by atoms with Gasteiger partial charge in [-0.05, 0) is 34.1 Å². The van der Waals surface area contributed by atoms with Gasteiger partial charge in [0.1, 0.15) is 23.2 Å². The molecule has 2 N–H and O–H groups in total. The first-order valence-corrected chi connectivity index (χ1v) is 7.21. The molecule has 0 heterocycles. The fraction of sp³-hybridized carbons (Fsp3) is 0.0714. The van der Waals surface area contributed by atoms with Crippen LogP contribution in [0.15, 0.2) is 40.9 Å². The molecule has 2 aromatic rings. The topological polar surface area (TPSA) is 35.2 Å². The summed E-state index contributed by atoms with van der Waals surface area (Å²) in [6, 6.07) is 9.81. The number of ether oxygens (including phenoxy) is 1. The molecule has 0 fully saturated rings. The second-order valence-electron chi connectivity index (χ2n) is 4.04. The minimum atomic E-state index is -0.377. The second-order valence-corrected chi connectivity index (χ2v) is 5.74. The van der Waals surface area contributed by atoms with E-state index in [9.17, 15) is 4.39 Å². The molecule has 104 valence electrons. The number of hydrogen-bond acceptors (Lipinski definition) is 2. The molecule has 0 spiro atoms. The number of thiocarbonyl (C=S) groups is 1. The highest BCUT2D eigenvalue weighted by molar-refractivity contribution is 9.10. The van der Waals surface area contributed by atoms with Gasteiger partial charge in [0.05, 0.1) is 4.47 Å². The Morgan fingerprint density at radius 3 is 2.65 bits per heavy atom. The Kier molecular flexibility index (Phi) is 4.96. The summed E-state index contributed by atoms with van der Waals surface area (Å²) in [4.78, 5) is 0.286. The molecule has 20 heavy (non-hydrogen) atoms. The third-order valence-electron chi connectivity index (χ3n) is 2.62. The van der Waals surface area contributed by atoms with Gasteiger partial charge in [0, 0.05) is 22.2 Å². The van der Waals surface area contributed by atoms with Crippen LogP contribution in [-0.2, 0) is 6.61 Å². The van der Waals surface area contributed by atoms with E-state index in [-0.39, 0.29) is 17.4 Å². The molecular formula is C14H10BrClFNOS. The van der Waals surface area contributed by atoms with Gasteiger partial charge >= 0.3 is 0 Å². The molecule has 0 bridgehead atoms. The Balaban J connectivity index is 2.10. The third kappa shape index (κ3) is 3.69. The van der Waals surface area contributed by atoms with E-state index < -0.39 is 0 Å². The van der Waals surface area contributed by atoms with Crippen molar-refractivity contribution in [2.24, 2.45) is 5.73 Å². The van der Waals surface area contributed by atoms with Crippen LogP contribution >= 0.6 is 39.7 Å². The molecule has 0 unspecified atom stereocenters. The predicted molar refractivity (Wildman–Crippen MR) is 85.8 cm³/mol. The molecule has 0 saturated heterocycles. The predicted octanol–water partition coefficient (Wildman–Crippen LogP) is 4.45. The van der Waals surface area contributed by atoms with E-state index >= 15 is 0 Å². The van der Waals surface area contributed by atoms with E-state index in [4.69, 9.17) is 34.3 Å². The Labute approximate surface area is 134 Å². The summed E-state index contributed by atoms with van der Waals surface area (Å²) in [5, 5.41) is 0.507. The van der Waals surface area contributed by atoms with E-state index in [1.165, 1.54) is 6.07 Å². The van der Waals surface area contributed by atoms with Crippen molar-refractivity contribution in [1.82, 2.24) is 0 Å². The summed E-state index contributed by atoms with van der Waals surface area (Å²) in [5.74, 6) is 0.0533. The smallest absolute Gasteiger partial charge is 0.141 e. The van der Waals surface area contributed by atoms with Crippen molar-refractivity contribution in [2.75, 3.05) is 0 Å². The SMILES string of the molecule is NC(=S)c1ccc(COc2ccc(Br)c(F)c2)c(Cl)c1. The molecule has 2 rings (SSSR count). The van der Waals surface area contributed by atoms with Crippen molar-refractivity contribution in [2.45, 2.75) is 6.61 Å². The van der Waals surface area contributed by atoms with Gasteiger partial charge in [-0.15, -0.1) is 0 Å². The molecule has 0 aromatic heterocycles. The fourth-order valence-corrected chi connectivity index (χ4v) is 2.15. The van der Waals surface area contributed by atoms with Crippen LogP contribution in [0, 0.1) is 5.82 Å². The standard InChI is InChI=1S/C14H10BrClFNOS/c15-11-4-3-10(6-13(11)17)19-7-9-2-1-8(14(18)20)5-12(9)16/h1-6H,7H2,(H2,18,20). The van der Waals surface area contributed by atoms with Crippen LogP contribution in [0.5, 0.6) is 5.75 Å². The van der Waals surface area contributed by atoms with Gasteiger partial charge in [0.15, 0.2) is 0 Å². The first-order valence-electron chi connectivity index (χ1n) is 5.63. The van der Waals surface area contributed by atoms with Crippen LogP contribution in [0.1, 0.15) is 11.1 Å². The lowest BCUT2D eigenvalue weighted by Crippen LogP contribution is -2.09. The van der Waals surface area contributed by atoms with E-state index in [0.29, 0.717) is 20.8 Å². The highest BCUT2D eigenvalue weighted by Gasteiger charge is 2.06. The number of nitrogens with two attached hydrogens (primary N) is 1. The van der Waals surface area contributed by atoms with Crippen LogP contribution < -0.4 is 10.5 Å². The first kappa shape index (κ1) is 15.2. The summed E-state index contributed by atoms with van der Waals surface area (Å²) in [6.45, 7) is 0.234. The maximum Gasteiger partial charge on any atom is 0.141 e. The average Bonchev–Trinajstić information content (AvgIpc) is 2.41. The molecule has 2 nitrogen and oxygen atoms in total. The number of hydrogen-bond donors (Lipinski definition) is 1. The molecule has 0 atom stereocenters. The van der Waals surface area contributed by atoms with Crippen LogP contribution in [0.3, 0.4) is 0 Å². The zero-order chi connectivity index (χ0) is 14.7. The number of benzene rings is 2.